The first-order chi connectivity index (χ1) is 20.1. The van der Waals surface area contributed by atoms with Gasteiger partial charge in [-0.3, -0.25) is 0 Å². The molecule has 1 unspecified atom stereocenters. The molecule has 1 N–H and O–H groups in total. The lowest BCUT2D eigenvalue weighted by molar-refractivity contribution is -0.373. The summed E-state index contributed by atoms with van der Waals surface area (Å²) in [7, 11) is -7.61. The topological polar surface area (TPSA) is 95.9 Å². The zero-order chi connectivity index (χ0) is 33.2. The molecule has 1 atom stereocenters. The van der Waals surface area contributed by atoms with E-state index in [1.807, 2.05) is 0 Å². The summed E-state index contributed by atoms with van der Waals surface area (Å²) in [6.07, 6.45) is -13.9. The van der Waals surface area contributed by atoms with Gasteiger partial charge >= 0.3 is 23.5 Å². The molecule has 0 fully saturated rings. The molecule has 18 heteroatoms. The molecular formula is C26H20F10O6S2. The van der Waals surface area contributed by atoms with E-state index in [2.05, 4.69) is 4.74 Å². The summed E-state index contributed by atoms with van der Waals surface area (Å²) >= 11 is 0. The molecule has 0 bridgehead atoms. The zero-order valence-electron chi connectivity index (χ0n) is 21.7. The molecule has 3 aromatic rings. The minimum absolute atomic E-state index is 0.0833. The molecule has 242 valence electrons. The molecule has 0 saturated carbocycles. The Bertz CT molecular complexity index is 1480. The molecule has 0 saturated heterocycles. The number of halogens is 10. The summed E-state index contributed by atoms with van der Waals surface area (Å²) in [6.45, 7) is -3.23. The molecule has 0 amide bonds. The van der Waals surface area contributed by atoms with Crippen LogP contribution < -0.4 is 9.47 Å². The maximum absolute atomic E-state index is 13.7. The van der Waals surface area contributed by atoms with Crippen molar-refractivity contribution >= 4 is 21.0 Å². The molecule has 3 rings (SSSR count). The van der Waals surface area contributed by atoms with Crippen molar-refractivity contribution in [1.82, 2.24) is 0 Å². The molecular weight excluding hydrogens is 662 g/mol. The highest BCUT2D eigenvalue weighted by Crippen LogP contribution is 2.44. The first kappa shape index (κ1) is 35.3. The predicted molar refractivity (Wildman–Crippen MR) is 134 cm³/mol. The van der Waals surface area contributed by atoms with Crippen LogP contribution in [0.25, 0.3) is 0 Å². The molecule has 3 aromatic carbocycles. The molecule has 0 aromatic heterocycles. The molecule has 6 nitrogen and oxygen atoms in total. The fraction of sp³-hybridized carbons (Fsp3) is 0.308. The van der Waals surface area contributed by atoms with Crippen LogP contribution in [0.5, 0.6) is 11.5 Å². The zero-order valence-corrected chi connectivity index (χ0v) is 23.3. The van der Waals surface area contributed by atoms with Crippen LogP contribution in [0.4, 0.5) is 43.9 Å². The van der Waals surface area contributed by atoms with E-state index in [4.69, 9.17) is 4.74 Å². The fourth-order valence-corrected chi connectivity index (χ4v) is 5.98. The van der Waals surface area contributed by atoms with Crippen LogP contribution in [0.2, 0.25) is 0 Å². The normalized spacial score (nSPS) is 14.3. The number of hydrogen-bond acceptors (Lipinski definition) is 6. The van der Waals surface area contributed by atoms with Gasteiger partial charge in [-0.2, -0.15) is 43.9 Å². The van der Waals surface area contributed by atoms with Crippen LogP contribution in [0.15, 0.2) is 93.5 Å². The molecule has 0 aliphatic heterocycles. The highest BCUT2D eigenvalue weighted by Gasteiger charge is 2.71. The second kappa shape index (κ2) is 12.6. The van der Waals surface area contributed by atoms with E-state index in [0.29, 0.717) is 14.7 Å². The monoisotopic (exact) mass is 682 g/mol. The molecule has 0 heterocycles. The van der Waals surface area contributed by atoms with Gasteiger partial charge in [-0.15, -0.1) is 0 Å². The van der Waals surface area contributed by atoms with Crippen LogP contribution >= 0.6 is 0 Å². The van der Waals surface area contributed by atoms with Crippen LogP contribution in [0.3, 0.4) is 0 Å². The summed E-state index contributed by atoms with van der Waals surface area (Å²) in [4.78, 5) is 1.74. The molecule has 0 radical (unpaired) electrons. The van der Waals surface area contributed by atoms with Crippen LogP contribution in [0.1, 0.15) is 6.42 Å². The van der Waals surface area contributed by atoms with Gasteiger partial charge in [0.15, 0.2) is 24.8 Å². The quantitative estimate of drug-likeness (QED) is 0.132. The van der Waals surface area contributed by atoms with Gasteiger partial charge in [-0.25, -0.2) is 8.42 Å². The lowest BCUT2D eigenvalue weighted by Gasteiger charge is -2.31. The minimum atomic E-state index is -6.64. The summed E-state index contributed by atoms with van der Waals surface area (Å²) in [6, 6.07) is 19.0. The fourth-order valence-electron chi connectivity index (χ4n) is 3.45. The van der Waals surface area contributed by atoms with Gasteiger partial charge in [0.25, 0.3) is 5.60 Å². The van der Waals surface area contributed by atoms with E-state index < -0.39 is 75.5 Å². The SMILES string of the molecule is O=S(=O)([O-])C(F)(F)C(F)(F)CCOc1ccc([S+](c2ccccc2)c2ccc(OCC(O)(C(F)(F)F)C(F)(F)F)cc2)cc1. The Morgan fingerprint density at radius 3 is 1.48 bits per heavy atom. The average molecular weight is 683 g/mol. The van der Waals surface area contributed by atoms with Crippen molar-refractivity contribution in [3.63, 3.8) is 0 Å². The van der Waals surface area contributed by atoms with Gasteiger partial charge in [0.2, 0.25) is 0 Å². The maximum Gasteiger partial charge on any atom is 0.429 e. The minimum Gasteiger partial charge on any atom is -0.743 e. The number of hydrogen-bond donors (Lipinski definition) is 1. The standard InChI is InChI=1S/C26H20F10O6S2/c27-23(28,26(35,36)44(38,39)40)14-15-41-17-6-10-20(11-7-17)43(19-4-2-1-3-5-19)21-12-8-18(9-13-21)42-16-22(37,24(29,30)31)25(32,33)34/h1-13,37H,14-16H2. The van der Waals surface area contributed by atoms with E-state index in [0.717, 1.165) is 12.1 Å². The van der Waals surface area contributed by atoms with Crippen molar-refractivity contribution in [3.05, 3.63) is 78.9 Å². The Hall–Kier alpha value is -3.22. The summed E-state index contributed by atoms with van der Waals surface area (Å²) in [5, 5.41) is 3.43. The van der Waals surface area contributed by atoms with Gasteiger partial charge < -0.3 is 19.1 Å². The third-order valence-corrected chi connectivity index (χ3v) is 9.07. The average Bonchev–Trinajstić information content (AvgIpc) is 2.92. The number of alkyl halides is 10. The van der Waals surface area contributed by atoms with E-state index >= 15 is 0 Å². The second-order valence-electron chi connectivity index (χ2n) is 8.98. The van der Waals surface area contributed by atoms with Gasteiger partial charge in [-0.1, -0.05) is 18.2 Å². The third kappa shape index (κ3) is 7.52. The van der Waals surface area contributed by atoms with Crippen molar-refractivity contribution in [2.75, 3.05) is 13.2 Å². The first-order valence-corrected chi connectivity index (χ1v) is 14.6. The highest BCUT2D eigenvalue weighted by atomic mass is 32.2. The molecule has 0 aliphatic rings. The Morgan fingerprint density at radius 2 is 1.07 bits per heavy atom. The van der Waals surface area contributed by atoms with Gasteiger partial charge in [0, 0.05) is 0 Å². The van der Waals surface area contributed by atoms with E-state index in [1.54, 1.807) is 30.3 Å². The van der Waals surface area contributed by atoms with Crippen LogP contribution in [-0.2, 0) is 21.0 Å². The summed E-state index contributed by atoms with van der Waals surface area (Å²) in [5.41, 5.74) is -5.11. The highest BCUT2D eigenvalue weighted by molar-refractivity contribution is 7.97. The van der Waals surface area contributed by atoms with Crippen LogP contribution in [0, 0.1) is 0 Å². The van der Waals surface area contributed by atoms with Crippen molar-refractivity contribution < 1.29 is 71.5 Å². The first-order valence-electron chi connectivity index (χ1n) is 11.9. The number of aliphatic hydroxyl groups is 1. The Labute approximate surface area is 246 Å². The largest absolute Gasteiger partial charge is 0.743 e. The Kier molecular flexibility index (Phi) is 10.1. The molecule has 44 heavy (non-hydrogen) atoms. The predicted octanol–water partition coefficient (Wildman–Crippen LogP) is 6.56. The summed E-state index contributed by atoms with van der Waals surface area (Å²) in [5.74, 6) is -5.70. The van der Waals surface area contributed by atoms with Crippen molar-refractivity contribution in [1.29, 1.82) is 0 Å². The van der Waals surface area contributed by atoms with E-state index in [1.165, 1.54) is 36.4 Å². The molecule has 0 spiro atoms. The van der Waals surface area contributed by atoms with E-state index in [-0.39, 0.29) is 5.75 Å². The van der Waals surface area contributed by atoms with Crippen molar-refractivity contribution in [2.45, 2.75) is 50.2 Å². The van der Waals surface area contributed by atoms with Gasteiger partial charge in [0.1, 0.15) is 18.1 Å². The maximum atomic E-state index is 13.7. The van der Waals surface area contributed by atoms with E-state index in [9.17, 15) is 62.0 Å². The number of benzene rings is 3. The summed E-state index contributed by atoms with van der Waals surface area (Å²) < 4.78 is 173. The van der Waals surface area contributed by atoms with Crippen molar-refractivity contribution in [2.24, 2.45) is 0 Å². The third-order valence-electron chi connectivity index (χ3n) is 5.91. The van der Waals surface area contributed by atoms with Crippen molar-refractivity contribution in [3.8, 4) is 11.5 Å². The van der Waals surface area contributed by atoms with Gasteiger partial charge in [-0.05, 0) is 60.7 Å². The van der Waals surface area contributed by atoms with Gasteiger partial charge in [0.05, 0.1) is 23.9 Å². The number of rotatable bonds is 12. The van der Waals surface area contributed by atoms with Crippen LogP contribution in [-0.4, -0.2) is 60.4 Å². The Balaban J connectivity index is 1.79. The number of ether oxygens (including phenoxy) is 2. The molecule has 0 aliphatic carbocycles. The second-order valence-corrected chi connectivity index (χ2v) is 12.4. The smallest absolute Gasteiger partial charge is 0.429 e. The lowest BCUT2D eigenvalue weighted by Crippen LogP contribution is -2.60. The Morgan fingerprint density at radius 1 is 0.659 bits per heavy atom. The lowest BCUT2D eigenvalue weighted by atomic mass is 10.0.